The monoisotopic (exact) mass is 294 g/mol. The molecule has 1 aromatic carbocycles. The van der Waals surface area contributed by atoms with Crippen molar-refractivity contribution in [3.05, 3.63) is 23.6 Å². The van der Waals surface area contributed by atoms with E-state index in [1.54, 1.807) is 26.2 Å². The SMILES string of the molecule is COc1cc2c(Cl)ncnc2cc1OCCCC(C)=O. The fourth-order valence-electron chi connectivity index (χ4n) is 1.81. The van der Waals surface area contributed by atoms with Crippen LogP contribution in [0.15, 0.2) is 18.5 Å². The average Bonchev–Trinajstić information content (AvgIpc) is 2.43. The van der Waals surface area contributed by atoms with Gasteiger partial charge in [-0.05, 0) is 19.4 Å². The van der Waals surface area contributed by atoms with Gasteiger partial charge in [0.2, 0.25) is 0 Å². The second-order valence-electron chi connectivity index (χ2n) is 4.34. The molecule has 0 radical (unpaired) electrons. The molecule has 0 saturated heterocycles. The van der Waals surface area contributed by atoms with Crippen molar-refractivity contribution in [1.29, 1.82) is 0 Å². The number of ether oxygens (including phenoxy) is 2. The van der Waals surface area contributed by atoms with Gasteiger partial charge >= 0.3 is 0 Å². The minimum atomic E-state index is 0.151. The standard InChI is InChI=1S/C14H15ClN2O3/c1-9(18)4-3-5-20-13-7-11-10(6-12(13)19-2)14(15)17-8-16-11/h6-8H,3-5H2,1-2H3. The van der Waals surface area contributed by atoms with Gasteiger partial charge in [-0.2, -0.15) is 0 Å². The van der Waals surface area contributed by atoms with Gasteiger partial charge in [-0.25, -0.2) is 9.97 Å². The van der Waals surface area contributed by atoms with Gasteiger partial charge in [-0.1, -0.05) is 11.6 Å². The van der Waals surface area contributed by atoms with Gasteiger partial charge < -0.3 is 14.3 Å². The van der Waals surface area contributed by atoms with Crippen molar-refractivity contribution < 1.29 is 14.3 Å². The predicted molar refractivity (Wildman–Crippen MR) is 76.5 cm³/mol. The molecule has 0 saturated carbocycles. The molecule has 1 heterocycles. The Labute approximate surface area is 121 Å². The minimum Gasteiger partial charge on any atom is -0.493 e. The first-order chi connectivity index (χ1) is 9.61. The van der Waals surface area contributed by atoms with Crippen LogP contribution in [0, 0.1) is 0 Å². The van der Waals surface area contributed by atoms with Gasteiger partial charge in [0.15, 0.2) is 11.5 Å². The number of carbonyl (C=O) groups is 1. The fourth-order valence-corrected chi connectivity index (χ4v) is 2.00. The number of nitrogens with zero attached hydrogens (tertiary/aromatic N) is 2. The molecule has 0 aliphatic carbocycles. The highest BCUT2D eigenvalue weighted by Gasteiger charge is 2.10. The lowest BCUT2D eigenvalue weighted by molar-refractivity contribution is -0.117. The van der Waals surface area contributed by atoms with Crippen LogP contribution >= 0.6 is 11.6 Å². The molecular weight excluding hydrogens is 280 g/mol. The lowest BCUT2D eigenvalue weighted by Gasteiger charge is -2.11. The molecule has 2 rings (SSSR count). The van der Waals surface area contributed by atoms with E-state index in [0.717, 1.165) is 0 Å². The Kier molecular flexibility index (Phi) is 4.74. The third-order valence-corrected chi connectivity index (χ3v) is 3.10. The molecular formula is C14H15ClN2O3. The average molecular weight is 295 g/mol. The van der Waals surface area contributed by atoms with E-state index >= 15 is 0 Å². The highest BCUT2D eigenvalue weighted by Crippen LogP contribution is 2.33. The minimum absolute atomic E-state index is 0.151. The van der Waals surface area contributed by atoms with Crippen LogP contribution < -0.4 is 9.47 Å². The van der Waals surface area contributed by atoms with E-state index in [1.165, 1.54) is 6.33 Å². The maximum absolute atomic E-state index is 10.9. The normalized spacial score (nSPS) is 10.6. The van der Waals surface area contributed by atoms with Crippen LogP contribution in [-0.4, -0.2) is 29.5 Å². The zero-order chi connectivity index (χ0) is 14.5. The first-order valence-electron chi connectivity index (χ1n) is 6.22. The van der Waals surface area contributed by atoms with Gasteiger partial charge in [0.1, 0.15) is 17.3 Å². The molecule has 0 bridgehead atoms. The molecule has 5 nitrogen and oxygen atoms in total. The van der Waals surface area contributed by atoms with Gasteiger partial charge in [-0.3, -0.25) is 0 Å². The molecule has 0 aliphatic heterocycles. The van der Waals surface area contributed by atoms with Gasteiger partial charge in [-0.15, -0.1) is 0 Å². The van der Waals surface area contributed by atoms with Crippen molar-refractivity contribution in [2.75, 3.05) is 13.7 Å². The van der Waals surface area contributed by atoms with E-state index in [2.05, 4.69) is 9.97 Å². The van der Waals surface area contributed by atoms with Crippen molar-refractivity contribution in [2.45, 2.75) is 19.8 Å². The lowest BCUT2D eigenvalue weighted by atomic mass is 10.2. The highest BCUT2D eigenvalue weighted by atomic mass is 35.5. The van der Waals surface area contributed by atoms with Crippen molar-refractivity contribution in [2.24, 2.45) is 0 Å². The Morgan fingerprint density at radius 3 is 2.80 bits per heavy atom. The molecule has 0 atom stereocenters. The van der Waals surface area contributed by atoms with Crippen molar-refractivity contribution in [3.8, 4) is 11.5 Å². The van der Waals surface area contributed by atoms with E-state index < -0.39 is 0 Å². The Morgan fingerprint density at radius 2 is 2.10 bits per heavy atom. The number of fused-ring (bicyclic) bond motifs is 1. The van der Waals surface area contributed by atoms with Gasteiger partial charge in [0.05, 0.1) is 19.2 Å². The largest absolute Gasteiger partial charge is 0.493 e. The maximum Gasteiger partial charge on any atom is 0.163 e. The zero-order valence-corrected chi connectivity index (χ0v) is 12.1. The van der Waals surface area contributed by atoms with E-state index in [-0.39, 0.29) is 5.78 Å². The summed E-state index contributed by atoms with van der Waals surface area (Å²) in [5.74, 6) is 1.30. The predicted octanol–water partition coefficient (Wildman–Crippen LogP) is 3.04. The molecule has 0 unspecified atom stereocenters. The van der Waals surface area contributed by atoms with E-state index in [0.29, 0.717) is 47.0 Å². The Hall–Kier alpha value is -1.88. The second kappa shape index (κ2) is 6.52. The molecule has 0 fully saturated rings. The van der Waals surface area contributed by atoms with Crippen LogP contribution in [0.4, 0.5) is 0 Å². The fraction of sp³-hybridized carbons (Fsp3) is 0.357. The number of methoxy groups -OCH3 is 1. The summed E-state index contributed by atoms with van der Waals surface area (Å²) >= 11 is 6.01. The summed E-state index contributed by atoms with van der Waals surface area (Å²) in [7, 11) is 1.56. The van der Waals surface area contributed by atoms with Crippen LogP contribution in [0.25, 0.3) is 10.9 Å². The molecule has 6 heteroatoms. The van der Waals surface area contributed by atoms with E-state index in [1.807, 2.05) is 0 Å². The molecule has 0 N–H and O–H groups in total. The van der Waals surface area contributed by atoms with Crippen LogP contribution in [0.5, 0.6) is 11.5 Å². The molecule has 0 spiro atoms. The van der Waals surface area contributed by atoms with Crippen LogP contribution in [0.1, 0.15) is 19.8 Å². The number of benzene rings is 1. The summed E-state index contributed by atoms with van der Waals surface area (Å²) in [4.78, 5) is 19.0. The second-order valence-corrected chi connectivity index (χ2v) is 4.70. The van der Waals surface area contributed by atoms with E-state index in [4.69, 9.17) is 21.1 Å². The van der Waals surface area contributed by atoms with E-state index in [9.17, 15) is 4.79 Å². The third kappa shape index (κ3) is 3.36. The summed E-state index contributed by atoms with van der Waals surface area (Å²) in [6.45, 7) is 2.01. The van der Waals surface area contributed by atoms with Crippen molar-refractivity contribution >= 4 is 28.3 Å². The zero-order valence-electron chi connectivity index (χ0n) is 11.4. The van der Waals surface area contributed by atoms with Gasteiger partial charge in [0.25, 0.3) is 0 Å². The number of carbonyl (C=O) groups excluding carboxylic acids is 1. The molecule has 1 aromatic heterocycles. The summed E-state index contributed by atoms with van der Waals surface area (Å²) in [5.41, 5.74) is 0.687. The first kappa shape index (κ1) is 14.5. The number of aromatic nitrogens is 2. The molecule has 0 aliphatic rings. The topological polar surface area (TPSA) is 61.3 Å². The first-order valence-corrected chi connectivity index (χ1v) is 6.60. The maximum atomic E-state index is 10.9. The summed E-state index contributed by atoms with van der Waals surface area (Å²) < 4.78 is 10.9. The highest BCUT2D eigenvalue weighted by molar-refractivity contribution is 6.34. The number of hydrogen-bond acceptors (Lipinski definition) is 5. The molecule has 20 heavy (non-hydrogen) atoms. The third-order valence-electron chi connectivity index (χ3n) is 2.80. The molecule has 2 aromatic rings. The number of ketones is 1. The molecule has 0 amide bonds. The van der Waals surface area contributed by atoms with Crippen molar-refractivity contribution in [1.82, 2.24) is 9.97 Å². The number of Topliss-reactive ketones (excluding diaryl/α,β-unsaturated/α-hetero) is 1. The Balaban J connectivity index is 2.21. The smallest absolute Gasteiger partial charge is 0.163 e. The summed E-state index contributed by atoms with van der Waals surface area (Å²) in [6, 6.07) is 3.51. The van der Waals surface area contributed by atoms with Crippen LogP contribution in [0.2, 0.25) is 5.15 Å². The lowest BCUT2D eigenvalue weighted by Crippen LogP contribution is -2.02. The van der Waals surface area contributed by atoms with Crippen LogP contribution in [0.3, 0.4) is 0 Å². The summed E-state index contributed by atoms with van der Waals surface area (Å²) in [5, 5.41) is 1.08. The van der Waals surface area contributed by atoms with Gasteiger partial charge in [0, 0.05) is 17.9 Å². The van der Waals surface area contributed by atoms with Crippen molar-refractivity contribution in [3.63, 3.8) is 0 Å². The number of hydrogen-bond donors (Lipinski definition) is 0. The molecule has 106 valence electrons. The Bertz CT molecular complexity index is 631. The number of rotatable bonds is 6. The van der Waals surface area contributed by atoms with Crippen LogP contribution in [-0.2, 0) is 4.79 Å². The number of halogens is 1. The summed E-state index contributed by atoms with van der Waals surface area (Å²) in [6.07, 6.45) is 2.57. The quantitative estimate of drug-likeness (QED) is 0.605. The Morgan fingerprint density at radius 1 is 1.30 bits per heavy atom.